The molecular weight excluding hydrogens is 434 g/mol. The monoisotopic (exact) mass is 464 g/mol. The molecule has 8 heteroatoms. The Labute approximate surface area is 191 Å². The minimum Gasteiger partial charge on any atom is -0.458 e. The van der Waals surface area contributed by atoms with Crippen LogP contribution in [0.2, 0.25) is 0 Å². The normalized spacial score (nSPS) is 54.2. The summed E-state index contributed by atoms with van der Waals surface area (Å²) in [5.41, 5.74) is -1.04. The molecule has 0 aromatic rings. The number of carbonyl (C=O) groups excluding carboxylic acids is 3. The van der Waals surface area contributed by atoms with E-state index in [4.69, 9.17) is 14.2 Å². The van der Waals surface area contributed by atoms with Gasteiger partial charge in [0.15, 0.2) is 0 Å². The number of carbonyl (C=O) groups is 3. The van der Waals surface area contributed by atoms with Crippen LogP contribution in [-0.2, 0) is 28.6 Å². The van der Waals surface area contributed by atoms with Crippen LogP contribution in [0.25, 0.3) is 0 Å². The van der Waals surface area contributed by atoms with Gasteiger partial charge in [-0.15, -0.1) is 0 Å². The van der Waals surface area contributed by atoms with E-state index in [1.807, 2.05) is 0 Å². The van der Waals surface area contributed by atoms with Crippen LogP contribution in [0, 0.1) is 52.8 Å². The Morgan fingerprint density at radius 3 is 2.33 bits per heavy atom. The van der Waals surface area contributed by atoms with Crippen LogP contribution >= 0.6 is 0 Å². The molecule has 4 bridgehead atoms. The van der Waals surface area contributed by atoms with E-state index in [1.54, 1.807) is 0 Å². The summed E-state index contributed by atoms with van der Waals surface area (Å²) in [5.74, 6) is -5.39. The lowest BCUT2D eigenvalue weighted by Crippen LogP contribution is -2.60. The number of hydrogen-bond donors (Lipinski definition) is 0. The highest BCUT2D eigenvalue weighted by Crippen LogP contribution is 2.82. The van der Waals surface area contributed by atoms with Gasteiger partial charge >= 0.3 is 23.8 Å². The van der Waals surface area contributed by atoms with Gasteiger partial charge in [0.1, 0.15) is 17.8 Å². The molecule has 8 aliphatic rings. The van der Waals surface area contributed by atoms with Gasteiger partial charge in [0.25, 0.3) is 0 Å². The predicted molar refractivity (Wildman–Crippen MR) is 108 cm³/mol. The molecule has 8 fully saturated rings. The van der Waals surface area contributed by atoms with Gasteiger partial charge in [-0.25, -0.2) is 4.79 Å². The Balaban J connectivity index is 1.15. The molecule has 1 spiro atoms. The second-order valence-electron chi connectivity index (χ2n) is 12.2. The first-order valence-electron chi connectivity index (χ1n) is 12.6. The molecule has 0 N–H and O–H groups in total. The molecule has 7 aliphatic carbocycles. The van der Waals surface area contributed by atoms with Crippen molar-refractivity contribution in [3.63, 3.8) is 0 Å². The summed E-state index contributed by atoms with van der Waals surface area (Å²) in [7, 11) is 0. The van der Waals surface area contributed by atoms with Gasteiger partial charge in [-0.2, -0.15) is 8.78 Å². The zero-order valence-electron chi connectivity index (χ0n) is 18.9. The topological polar surface area (TPSA) is 78.9 Å². The standard InChI is InChI=1S/C25H30F2O6/c1-3-25(12-5-10-4-11(7-12)8-13(25)6-10)33-21(29)15-14-9-24(14)17-16(15)20(28)31-18(17)19(24)32-22(30)23(2,26)27/h10-19H,3-9H2,1-2H3. The first-order valence-corrected chi connectivity index (χ1v) is 12.6. The summed E-state index contributed by atoms with van der Waals surface area (Å²) >= 11 is 0. The highest BCUT2D eigenvalue weighted by atomic mass is 19.3. The summed E-state index contributed by atoms with van der Waals surface area (Å²) in [6.45, 7) is 2.60. The fraction of sp³-hybridized carbons (Fsp3) is 0.880. The van der Waals surface area contributed by atoms with Gasteiger partial charge in [0.2, 0.25) is 0 Å². The van der Waals surface area contributed by atoms with Crippen molar-refractivity contribution < 1.29 is 37.4 Å². The van der Waals surface area contributed by atoms with E-state index in [9.17, 15) is 23.2 Å². The highest BCUT2D eigenvalue weighted by molar-refractivity contribution is 5.88. The molecule has 1 saturated heterocycles. The largest absolute Gasteiger partial charge is 0.458 e. The minimum atomic E-state index is -3.61. The SMILES string of the molecule is CCC1(OC(=O)C2C3C(=O)OC4C(OC(=O)C(C)(F)F)C5(CC25)C43)C2CC3CC(C2)CC1C3. The average Bonchev–Trinajstić information content (AvgIpc) is 3.33. The Kier molecular flexibility index (Phi) is 3.80. The Morgan fingerprint density at radius 2 is 1.76 bits per heavy atom. The summed E-state index contributed by atoms with van der Waals surface area (Å²) < 4.78 is 44.0. The molecule has 1 heterocycles. The molecule has 1 aliphatic heterocycles. The molecule has 0 amide bonds. The molecule has 8 rings (SSSR count). The highest BCUT2D eigenvalue weighted by Gasteiger charge is 2.90. The molecule has 7 saturated carbocycles. The molecule has 0 aromatic heterocycles. The van der Waals surface area contributed by atoms with Crippen LogP contribution in [0.5, 0.6) is 0 Å². The minimum absolute atomic E-state index is 0.168. The van der Waals surface area contributed by atoms with Gasteiger partial charge in [0.05, 0.1) is 11.8 Å². The number of ether oxygens (including phenoxy) is 3. The molecule has 0 aromatic carbocycles. The molecule has 180 valence electrons. The van der Waals surface area contributed by atoms with Gasteiger partial charge in [0, 0.05) is 18.3 Å². The second-order valence-corrected chi connectivity index (χ2v) is 12.2. The van der Waals surface area contributed by atoms with Gasteiger partial charge < -0.3 is 14.2 Å². The molecule has 7 unspecified atom stereocenters. The van der Waals surface area contributed by atoms with E-state index in [2.05, 4.69) is 6.92 Å². The van der Waals surface area contributed by atoms with Crippen molar-refractivity contribution in [1.29, 1.82) is 0 Å². The first kappa shape index (κ1) is 20.6. The third kappa shape index (κ3) is 2.36. The third-order valence-corrected chi connectivity index (χ3v) is 10.9. The van der Waals surface area contributed by atoms with E-state index in [1.165, 1.54) is 6.42 Å². The number of rotatable bonds is 5. The lowest BCUT2D eigenvalue weighted by molar-refractivity contribution is -0.216. The summed E-state index contributed by atoms with van der Waals surface area (Å²) in [6.07, 6.45) is 5.53. The Bertz CT molecular complexity index is 929. The van der Waals surface area contributed by atoms with E-state index in [0.717, 1.165) is 43.9 Å². The number of hydrogen-bond acceptors (Lipinski definition) is 6. The molecule has 7 atom stereocenters. The number of alkyl halides is 2. The molecule has 33 heavy (non-hydrogen) atoms. The van der Waals surface area contributed by atoms with E-state index in [0.29, 0.717) is 25.2 Å². The maximum absolute atomic E-state index is 13.7. The van der Waals surface area contributed by atoms with Crippen LogP contribution < -0.4 is 0 Å². The van der Waals surface area contributed by atoms with Crippen molar-refractivity contribution in [3.05, 3.63) is 0 Å². The zero-order valence-corrected chi connectivity index (χ0v) is 18.9. The maximum Gasteiger partial charge on any atom is 0.377 e. The van der Waals surface area contributed by atoms with Crippen molar-refractivity contribution in [1.82, 2.24) is 0 Å². The smallest absolute Gasteiger partial charge is 0.377 e. The van der Waals surface area contributed by atoms with Crippen molar-refractivity contribution in [2.24, 2.45) is 52.8 Å². The van der Waals surface area contributed by atoms with Crippen LogP contribution in [0.3, 0.4) is 0 Å². The van der Waals surface area contributed by atoms with Crippen molar-refractivity contribution in [2.75, 3.05) is 0 Å². The lowest BCUT2D eigenvalue weighted by atomic mass is 9.49. The average molecular weight is 465 g/mol. The first-order chi connectivity index (χ1) is 15.6. The maximum atomic E-state index is 13.7. The summed E-state index contributed by atoms with van der Waals surface area (Å²) in [6, 6.07) is 0. The Hall–Kier alpha value is -1.73. The molecule has 0 radical (unpaired) electrons. The van der Waals surface area contributed by atoms with E-state index in [-0.39, 0.29) is 17.8 Å². The Morgan fingerprint density at radius 1 is 1.12 bits per heavy atom. The predicted octanol–water partition coefficient (Wildman–Crippen LogP) is 3.51. The van der Waals surface area contributed by atoms with Gasteiger partial charge in [-0.1, -0.05) is 6.92 Å². The van der Waals surface area contributed by atoms with Crippen molar-refractivity contribution in [3.8, 4) is 0 Å². The van der Waals surface area contributed by atoms with E-state index < -0.39 is 52.9 Å². The quantitative estimate of drug-likeness (QED) is 0.458. The van der Waals surface area contributed by atoms with Gasteiger partial charge in [-0.05, 0) is 74.5 Å². The van der Waals surface area contributed by atoms with Crippen LogP contribution in [0.4, 0.5) is 8.78 Å². The summed E-state index contributed by atoms with van der Waals surface area (Å²) in [4.78, 5) is 38.4. The fourth-order valence-electron chi connectivity index (χ4n) is 9.78. The molecule has 6 nitrogen and oxygen atoms in total. The van der Waals surface area contributed by atoms with Crippen molar-refractivity contribution >= 4 is 17.9 Å². The fourth-order valence-corrected chi connectivity index (χ4v) is 9.78. The zero-order chi connectivity index (χ0) is 23.1. The van der Waals surface area contributed by atoms with Crippen molar-refractivity contribution in [2.45, 2.75) is 82.5 Å². The lowest BCUT2D eigenvalue weighted by Gasteiger charge is -2.60. The second kappa shape index (κ2) is 6.09. The van der Waals surface area contributed by atoms with Crippen LogP contribution in [-0.4, -0.2) is 41.6 Å². The number of esters is 3. The van der Waals surface area contributed by atoms with Crippen LogP contribution in [0.1, 0.15) is 58.8 Å². The van der Waals surface area contributed by atoms with E-state index >= 15 is 0 Å². The van der Waals surface area contributed by atoms with Gasteiger partial charge in [-0.3, -0.25) is 9.59 Å². The summed E-state index contributed by atoms with van der Waals surface area (Å²) in [5, 5.41) is 0. The molecular formula is C25H30F2O6. The number of halogens is 2. The third-order valence-electron chi connectivity index (χ3n) is 10.9. The van der Waals surface area contributed by atoms with Crippen LogP contribution in [0.15, 0.2) is 0 Å².